The number of carbonyl (C=O) groups is 1. The standard InChI is InChI=1S/C20H14N2O4S/c23-20(12-27-15-8-6-14(7-9-15)22(24)25)21-13-5-10-19-17(11-13)16-3-1-2-4-18(16)26-19/h1-11H,12H2,(H,21,23). The van der Waals surface area contributed by atoms with Crippen LogP contribution in [0.3, 0.4) is 0 Å². The van der Waals surface area contributed by atoms with Gasteiger partial charge >= 0.3 is 0 Å². The second-order valence-corrected chi connectivity index (χ2v) is 6.95. The van der Waals surface area contributed by atoms with Crippen molar-refractivity contribution >= 4 is 51.0 Å². The zero-order valence-electron chi connectivity index (χ0n) is 14.0. The van der Waals surface area contributed by atoms with Crippen molar-refractivity contribution in [3.8, 4) is 0 Å². The number of anilines is 1. The number of thioether (sulfide) groups is 1. The molecule has 4 aromatic rings. The van der Waals surface area contributed by atoms with Gasteiger partial charge in [0.1, 0.15) is 11.2 Å². The smallest absolute Gasteiger partial charge is 0.269 e. The summed E-state index contributed by atoms with van der Waals surface area (Å²) in [4.78, 5) is 23.3. The van der Waals surface area contributed by atoms with Crippen LogP contribution in [-0.2, 0) is 4.79 Å². The first-order valence-electron chi connectivity index (χ1n) is 8.18. The van der Waals surface area contributed by atoms with Crippen molar-refractivity contribution in [2.24, 2.45) is 0 Å². The van der Waals surface area contributed by atoms with Crippen molar-refractivity contribution in [2.45, 2.75) is 4.90 Å². The van der Waals surface area contributed by atoms with Crippen LogP contribution < -0.4 is 5.32 Å². The van der Waals surface area contributed by atoms with Crippen molar-refractivity contribution in [1.82, 2.24) is 0 Å². The molecule has 0 unspecified atom stereocenters. The van der Waals surface area contributed by atoms with Crippen molar-refractivity contribution in [3.63, 3.8) is 0 Å². The van der Waals surface area contributed by atoms with Gasteiger partial charge in [0.2, 0.25) is 5.91 Å². The molecule has 0 radical (unpaired) electrons. The van der Waals surface area contributed by atoms with Crippen molar-refractivity contribution in [1.29, 1.82) is 0 Å². The normalized spacial score (nSPS) is 11.0. The zero-order valence-corrected chi connectivity index (χ0v) is 14.9. The minimum absolute atomic E-state index is 0.0319. The van der Waals surface area contributed by atoms with E-state index in [1.165, 1.54) is 23.9 Å². The Morgan fingerprint density at radius 1 is 1.00 bits per heavy atom. The van der Waals surface area contributed by atoms with Gasteiger partial charge in [-0.2, -0.15) is 0 Å². The highest BCUT2D eigenvalue weighted by molar-refractivity contribution is 8.00. The molecular weight excluding hydrogens is 364 g/mol. The molecule has 0 saturated heterocycles. The number of hydrogen-bond acceptors (Lipinski definition) is 5. The Bertz CT molecular complexity index is 1150. The Balaban J connectivity index is 1.44. The van der Waals surface area contributed by atoms with E-state index >= 15 is 0 Å². The first-order chi connectivity index (χ1) is 13.1. The number of rotatable bonds is 5. The highest BCUT2D eigenvalue weighted by Crippen LogP contribution is 2.30. The second kappa shape index (κ2) is 7.13. The summed E-state index contributed by atoms with van der Waals surface area (Å²) < 4.78 is 5.78. The lowest BCUT2D eigenvalue weighted by Crippen LogP contribution is -2.13. The number of benzene rings is 3. The highest BCUT2D eigenvalue weighted by Gasteiger charge is 2.10. The van der Waals surface area contributed by atoms with Gasteiger partial charge < -0.3 is 9.73 Å². The molecule has 0 atom stereocenters. The van der Waals surface area contributed by atoms with Crippen LogP contribution in [0.15, 0.2) is 76.0 Å². The van der Waals surface area contributed by atoms with Crippen LogP contribution in [0.4, 0.5) is 11.4 Å². The number of fused-ring (bicyclic) bond motifs is 3. The van der Waals surface area contributed by atoms with E-state index in [0.717, 1.165) is 26.8 Å². The fourth-order valence-electron chi connectivity index (χ4n) is 2.81. The van der Waals surface area contributed by atoms with Gasteiger partial charge in [0, 0.05) is 33.5 Å². The Kier molecular flexibility index (Phi) is 4.52. The molecule has 1 heterocycles. The third-order valence-corrected chi connectivity index (χ3v) is 5.09. The first kappa shape index (κ1) is 17.1. The van der Waals surface area contributed by atoms with Crippen LogP contribution in [0.5, 0.6) is 0 Å². The van der Waals surface area contributed by atoms with Crippen LogP contribution in [0, 0.1) is 10.1 Å². The fraction of sp³-hybridized carbons (Fsp3) is 0.0500. The molecule has 0 fully saturated rings. The van der Waals surface area contributed by atoms with E-state index in [1.54, 1.807) is 18.2 Å². The van der Waals surface area contributed by atoms with E-state index in [2.05, 4.69) is 5.32 Å². The molecule has 7 heteroatoms. The van der Waals surface area contributed by atoms with Crippen molar-refractivity contribution < 1.29 is 14.1 Å². The van der Waals surface area contributed by atoms with Gasteiger partial charge in [0.05, 0.1) is 10.7 Å². The highest BCUT2D eigenvalue weighted by atomic mass is 32.2. The molecule has 6 nitrogen and oxygen atoms in total. The largest absolute Gasteiger partial charge is 0.456 e. The molecule has 1 aromatic heterocycles. The molecule has 0 spiro atoms. The van der Waals surface area contributed by atoms with Crippen LogP contribution in [0.25, 0.3) is 21.9 Å². The summed E-state index contributed by atoms with van der Waals surface area (Å²) in [5.41, 5.74) is 2.31. The lowest BCUT2D eigenvalue weighted by molar-refractivity contribution is -0.384. The average Bonchev–Trinajstić information content (AvgIpc) is 3.05. The summed E-state index contributed by atoms with van der Waals surface area (Å²) in [5, 5.41) is 15.5. The topological polar surface area (TPSA) is 85.4 Å². The summed E-state index contributed by atoms with van der Waals surface area (Å²) in [5.74, 6) is 0.0626. The fourth-order valence-corrected chi connectivity index (χ4v) is 3.51. The Labute approximate surface area is 158 Å². The minimum Gasteiger partial charge on any atom is -0.456 e. The summed E-state index contributed by atoms with van der Waals surface area (Å²) >= 11 is 1.32. The summed E-state index contributed by atoms with van der Waals surface area (Å²) in [6.07, 6.45) is 0. The zero-order chi connectivity index (χ0) is 18.8. The monoisotopic (exact) mass is 378 g/mol. The third-order valence-electron chi connectivity index (χ3n) is 4.08. The summed E-state index contributed by atoms with van der Waals surface area (Å²) in [6, 6.07) is 19.4. The number of amides is 1. The number of nitro benzene ring substituents is 1. The molecule has 0 aliphatic rings. The minimum atomic E-state index is -0.448. The predicted octanol–water partition coefficient (Wildman–Crippen LogP) is 5.23. The number of nitrogens with one attached hydrogen (secondary N) is 1. The van der Waals surface area contributed by atoms with Gasteiger partial charge in [-0.25, -0.2) is 0 Å². The predicted molar refractivity (Wildman–Crippen MR) is 106 cm³/mol. The van der Waals surface area contributed by atoms with E-state index in [-0.39, 0.29) is 17.3 Å². The quantitative estimate of drug-likeness (QED) is 0.292. The van der Waals surface area contributed by atoms with Crippen molar-refractivity contribution in [2.75, 3.05) is 11.1 Å². The number of hydrogen-bond donors (Lipinski definition) is 1. The molecule has 0 saturated carbocycles. The molecule has 3 aromatic carbocycles. The molecule has 0 aliphatic carbocycles. The van der Waals surface area contributed by atoms with Crippen molar-refractivity contribution in [3.05, 3.63) is 76.8 Å². The van der Waals surface area contributed by atoms with E-state index in [0.29, 0.717) is 5.69 Å². The maximum absolute atomic E-state index is 12.2. The molecule has 134 valence electrons. The number of carbonyl (C=O) groups excluding carboxylic acids is 1. The number of nitrogens with zero attached hydrogens (tertiary/aromatic N) is 1. The lowest BCUT2D eigenvalue weighted by atomic mass is 10.1. The van der Waals surface area contributed by atoms with Gasteiger partial charge in [0.25, 0.3) is 5.69 Å². The SMILES string of the molecule is O=C(CSc1ccc([N+](=O)[O-])cc1)Nc1ccc2oc3ccccc3c2c1. The number of nitro groups is 1. The van der Waals surface area contributed by atoms with Gasteiger partial charge in [0.15, 0.2) is 0 Å². The van der Waals surface area contributed by atoms with E-state index < -0.39 is 4.92 Å². The molecule has 1 N–H and O–H groups in total. The molecule has 1 amide bonds. The summed E-state index contributed by atoms with van der Waals surface area (Å²) in [6.45, 7) is 0. The Hall–Kier alpha value is -3.32. The van der Waals surface area contributed by atoms with Crippen LogP contribution in [0.2, 0.25) is 0 Å². The van der Waals surface area contributed by atoms with Gasteiger partial charge in [-0.1, -0.05) is 18.2 Å². The van der Waals surface area contributed by atoms with Gasteiger partial charge in [-0.05, 0) is 36.4 Å². The average molecular weight is 378 g/mol. The van der Waals surface area contributed by atoms with E-state index in [1.807, 2.05) is 36.4 Å². The van der Waals surface area contributed by atoms with Crippen LogP contribution in [0.1, 0.15) is 0 Å². The van der Waals surface area contributed by atoms with E-state index in [9.17, 15) is 14.9 Å². The maximum Gasteiger partial charge on any atom is 0.269 e. The number of non-ortho nitro benzene ring substituents is 1. The van der Waals surface area contributed by atoms with Gasteiger partial charge in [-0.15, -0.1) is 11.8 Å². The Morgan fingerprint density at radius 3 is 2.52 bits per heavy atom. The first-order valence-corrected chi connectivity index (χ1v) is 9.17. The molecule has 4 rings (SSSR count). The molecular formula is C20H14N2O4S. The lowest BCUT2D eigenvalue weighted by Gasteiger charge is -2.05. The number of para-hydroxylation sites is 1. The van der Waals surface area contributed by atoms with Crippen LogP contribution >= 0.6 is 11.8 Å². The van der Waals surface area contributed by atoms with Gasteiger partial charge in [-0.3, -0.25) is 14.9 Å². The summed E-state index contributed by atoms with van der Waals surface area (Å²) in [7, 11) is 0. The molecule has 0 aliphatic heterocycles. The maximum atomic E-state index is 12.2. The molecule has 0 bridgehead atoms. The van der Waals surface area contributed by atoms with E-state index in [4.69, 9.17) is 4.42 Å². The second-order valence-electron chi connectivity index (χ2n) is 5.90. The third kappa shape index (κ3) is 3.63. The molecule has 27 heavy (non-hydrogen) atoms. The van der Waals surface area contributed by atoms with Crippen LogP contribution in [-0.4, -0.2) is 16.6 Å². The Morgan fingerprint density at radius 2 is 1.74 bits per heavy atom. The number of furan rings is 1.